The van der Waals surface area contributed by atoms with Gasteiger partial charge in [0.25, 0.3) is 5.91 Å². The zero-order chi connectivity index (χ0) is 23.0. The average Bonchev–Trinajstić information content (AvgIpc) is 3.33. The normalized spacial score (nSPS) is 10.5. The van der Waals surface area contributed by atoms with Crippen LogP contribution in [0.2, 0.25) is 0 Å². The standard InChI is InChI=1S/C26H24N4O3/c1-19-4-2-7-24(16-19)33-23-10-8-21(9-11-23)29-26(32)20-5-3-6-22(17-20)28-25(31)12-14-30-15-13-27-18-30/h2-11,13,15-18H,12,14H2,1H3,(H,28,31)(H,29,32). The van der Waals surface area contributed by atoms with Gasteiger partial charge in [0.2, 0.25) is 5.91 Å². The van der Waals surface area contributed by atoms with E-state index in [1.807, 2.05) is 35.8 Å². The summed E-state index contributed by atoms with van der Waals surface area (Å²) in [5.74, 6) is 1.04. The molecular weight excluding hydrogens is 416 g/mol. The van der Waals surface area contributed by atoms with Gasteiger partial charge in [-0.2, -0.15) is 0 Å². The third-order valence-electron chi connectivity index (χ3n) is 4.90. The molecule has 0 spiro atoms. The van der Waals surface area contributed by atoms with E-state index in [1.54, 1.807) is 67.3 Å². The molecule has 0 aliphatic carbocycles. The monoisotopic (exact) mass is 440 g/mol. The number of benzene rings is 3. The molecule has 7 heteroatoms. The maximum Gasteiger partial charge on any atom is 0.255 e. The number of hydrogen-bond acceptors (Lipinski definition) is 4. The van der Waals surface area contributed by atoms with E-state index in [1.165, 1.54) is 0 Å². The maximum absolute atomic E-state index is 12.7. The van der Waals surface area contributed by atoms with Gasteiger partial charge in [-0.15, -0.1) is 0 Å². The fourth-order valence-corrected chi connectivity index (χ4v) is 3.24. The molecule has 3 aromatic carbocycles. The smallest absolute Gasteiger partial charge is 0.255 e. The number of hydrogen-bond donors (Lipinski definition) is 2. The molecule has 4 aromatic rings. The van der Waals surface area contributed by atoms with Crippen molar-refractivity contribution >= 4 is 23.2 Å². The molecular formula is C26H24N4O3. The Labute approximate surface area is 192 Å². The van der Waals surface area contributed by atoms with Gasteiger partial charge in [-0.05, 0) is 67.1 Å². The molecule has 0 unspecified atom stereocenters. The van der Waals surface area contributed by atoms with Crippen molar-refractivity contribution in [1.82, 2.24) is 9.55 Å². The lowest BCUT2D eigenvalue weighted by Gasteiger charge is -2.10. The quantitative estimate of drug-likeness (QED) is 0.391. The summed E-state index contributed by atoms with van der Waals surface area (Å²) in [4.78, 5) is 28.8. The number of ether oxygens (including phenoxy) is 1. The predicted molar refractivity (Wildman–Crippen MR) is 128 cm³/mol. The van der Waals surface area contributed by atoms with Gasteiger partial charge in [0.15, 0.2) is 0 Å². The SMILES string of the molecule is Cc1cccc(Oc2ccc(NC(=O)c3cccc(NC(=O)CCn4ccnc4)c3)cc2)c1. The van der Waals surface area contributed by atoms with Crippen LogP contribution in [0.4, 0.5) is 11.4 Å². The number of nitrogens with zero attached hydrogens (tertiary/aromatic N) is 2. The Hall–Kier alpha value is -4.39. The Balaban J connectivity index is 1.33. The minimum Gasteiger partial charge on any atom is -0.457 e. The zero-order valence-corrected chi connectivity index (χ0v) is 18.2. The lowest BCUT2D eigenvalue weighted by atomic mass is 10.1. The molecule has 2 N–H and O–H groups in total. The summed E-state index contributed by atoms with van der Waals surface area (Å²) in [5, 5.41) is 5.69. The minimum absolute atomic E-state index is 0.134. The van der Waals surface area contributed by atoms with E-state index in [0.717, 1.165) is 11.3 Å². The third-order valence-corrected chi connectivity index (χ3v) is 4.90. The highest BCUT2D eigenvalue weighted by Crippen LogP contribution is 2.24. The lowest BCUT2D eigenvalue weighted by molar-refractivity contribution is -0.116. The first-order valence-corrected chi connectivity index (χ1v) is 10.6. The van der Waals surface area contributed by atoms with Crippen LogP contribution in [0, 0.1) is 6.92 Å². The largest absolute Gasteiger partial charge is 0.457 e. The Morgan fingerprint density at radius 1 is 0.909 bits per heavy atom. The van der Waals surface area contributed by atoms with Crippen LogP contribution in [0.5, 0.6) is 11.5 Å². The number of amides is 2. The zero-order valence-electron chi connectivity index (χ0n) is 18.2. The summed E-state index contributed by atoms with van der Waals surface area (Å²) in [7, 11) is 0. The number of rotatable bonds is 8. The number of carbonyl (C=O) groups excluding carboxylic acids is 2. The van der Waals surface area contributed by atoms with Gasteiger partial charge < -0.3 is 19.9 Å². The van der Waals surface area contributed by atoms with Crippen LogP contribution in [0.1, 0.15) is 22.3 Å². The van der Waals surface area contributed by atoms with Crippen molar-refractivity contribution in [3.8, 4) is 11.5 Å². The molecule has 4 rings (SSSR count). The number of imidazole rings is 1. The Morgan fingerprint density at radius 3 is 2.48 bits per heavy atom. The molecule has 0 radical (unpaired) electrons. The summed E-state index contributed by atoms with van der Waals surface area (Å²) in [6.07, 6.45) is 5.45. The Morgan fingerprint density at radius 2 is 1.73 bits per heavy atom. The molecule has 33 heavy (non-hydrogen) atoms. The summed E-state index contributed by atoms with van der Waals surface area (Å²) in [6, 6.07) is 21.8. The minimum atomic E-state index is -0.267. The van der Waals surface area contributed by atoms with E-state index in [0.29, 0.717) is 35.7 Å². The molecule has 0 fully saturated rings. The predicted octanol–water partition coefficient (Wildman–Crippen LogP) is 5.26. The molecule has 0 bridgehead atoms. The second-order valence-corrected chi connectivity index (χ2v) is 7.58. The van der Waals surface area contributed by atoms with Gasteiger partial charge in [-0.1, -0.05) is 18.2 Å². The van der Waals surface area contributed by atoms with Crippen LogP contribution in [0.3, 0.4) is 0 Å². The highest BCUT2D eigenvalue weighted by molar-refractivity contribution is 6.05. The molecule has 0 aliphatic heterocycles. The van der Waals surface area contributed by atoms with Crippen LogP contribution < -0.4 is 15.4 Å². The topological polar surface area (TPSA) is 85.3 Å². The first-order valence-electron chi connectivity index (χ1n) is 10.6. The molecule has 0 saturated carbocycles. The molecule has 2 amide bonds. The van der Waals surface area contributed by atoms with E-state index < -0.39 is 0 Å². The van der Waals surface area contributed by atoms with Crippen molar-refractivity contribution in [2.75, 3.05) is 10.6 Å². The van der Waals surface area contributed by atoms with Gasteiger partial charge in [0.05, 0.1) is 6.33 Å². The molecule has 166 valence electrons. The summed E-state index contributed by atoms with van der Waals surface area (Å²) >= 11 is 0. The van der Waals surface area contributed by atoms with Crippen molar-refractivity contribution in [1.29, 1.82) is 0 Å². The second-order valence-electron chi connectivity index (χ2n) is 7.58. The number of aryl methyl sites for hydroxylation is 2. The van der Waals surface area contributed by atoms with Crippen LogP contribution in [-0.4, -0.2) is 21.4 Å². The van der Waals surface area contributed by atoms with Crippen molar-refractivity contribution < 1.29 is 14.3 Å². The van der Waals surface area contributed by atoms with Crippen molar-refractivity contribution in [3.63, 3.8) is 0 Å². The number of aromatic nitrogens is 2. The Kier molecular flexibility index (Phi) is 6.80. The van der Waals surface area contributed by atoms with Gasteiger partial charge in [-0.3, -0.25) is 9.59 Å². The third kappa shape index (κ3) is 6.30. The molecule has 7 nitrogen and oxygen atoms in total. The number of carbonyl (C=O) groups is 2. The average molecular weight is 441 g/mol. The summed E-state index contributed by atoms with van der Waals surface area (Å²) in [5.41, 5.74) is 2.78. The van der Waals surface area contributed by atoms with Gasteiger partial charge in [0.1, 0.15) is 11.5 Å². The summed E-state index contributed by atoms with van der Waals surface area (Å²) < 4.78 is 7.68. The van der Waals surface area contributed by atoms with Crippen LogP contribution in [0.15, 0.2) is 91.5 Å². The van der Waals surface area contributed by atoms with E-state index in [-0.39, 0.29) is 11.8 Å². The van der Waals surface area contributed by atoms with E-state index in [4.69, 9.17) is 4.74 Å². The maximum atomic E-state index is 12.7. The Bertz CT molecular complexity index is 1230. The highest BCUT2D eigenvalue weighted by atomic mass is 16.5. The van der Waals surface area contributed by atoms with Crippen LogP contribution in [0.25, 0.3) is 0 Å². The molecule has 1 heterocycles. The fraction of sp³-hybridized carbons (Fsp3) is 0.115. The van der Waals surface area contributed by atoms with Crippen LogP contribution >= 0.6 is 0 Å². The van der Waals surface area contributed by atoms with E-state index >= 15 is 0 Å². The number of nitrogens with one attached hydrogen (secondary N) is 2. The molecule has 0 aliphatic rings. The highest BCUT2D eigenvalue weighted by Gasteiger charge is 2.09. The first-order chi connectivity index (χ1) is 16.0. The number of anilines is 2. The fourth-order valence-electron chi connectivity index (χ4n) is 3.24. The van der Waals surface area contributed by atoms with Crippen molar-refractivity contribution in [2.24, 2.45) is 0 Å². The lowest BCUT2D eigenvalue weighted by Crippen LogP contribution is -2.15. The van der Waals surface area contributed by atoms with Crippen molar-refractivity contribution in [3.05, 3.63) is 103 Å². The van der Waals surface area contributed by atoms with E-state index in [9.17, 15) is 9.59 Å². The van der Waals surface area contributed by atoms with Gasteiger partial charge >= 0.3 is 0 Å². The van der Waals surface area contributed by atoms with Gasteiger partial charge in [0, 0.05) is 42.3 Å². The second kappa shape index (κ2) is 10.3. The molecule has 1 aromatic heterocycles. The first kappa shape index (κ1) is 21.8. The summed E-state index contributed by atoms with van der Waals surface area (Å²) in [6.45, 7) is 2.54. The van der Waals surface area contributed by atoms with Crippen molar-refractivity contribution in [2.45, 2.75) is 19.9 Å². The van der Waals surface area contributed by atoms with E-state index in [2.05, 4.69) is 15.6 Å². The van der Waals surface area contributed by atoms with Crippen LogP contribution in [-0.2, 0) is 11.3 Å². The van der Waals surface area contributed by atoms with Gasteiger partial charge in [-0.25, -0.2) is 4.98 Å². The molecule has 0 saturated heterocycles. The molecule has 0 atom stereocenters.